The normalized spacial score (nSPS) is 21.8. The molecule has 0 spiro atoms. The van der Waals surface area contributed by atoms with E-state index < -0.39 is 0 Å². The second-order valence-electron chi connectivity index (χ2n) is 3.75. The van der Waals surface area contributed by atoms with Gasteiger partial charge in [-0.3, -0.25) is 0 Å². The van der Waals surface area contributed by atoms with Gasteiger partial charge in [0.1, 0.15) is 0 Å². The Labute approximate surface area is 75.6 Å². The molecule has 1 fully saturated rings. The van der Waals surface area contributed by atoms with Crippen molar-refractivity contribution in [3.05, 3.63) is 23.4 Å². The first-order valence-corrected chi connectivity index (χ1v) is 4.75. The van der Waals surface area contributed by atoms with Gasteiger partial charge < -0.3 is 5.32 Å². The summed E-state index contributed by atoms with van der Waals surface area (Å²) in [4.78, 5) is 0. The number of rotatable bonds is 2. The number of allylic oxidation sites excluding steroid dienone is 3. The van der Waals surface area contributed by atoms with Crippen molar-refractivity contribution in [2.75, 3.05) is 7.05 Å². The monoisotopic (exact) mass is 165 g/mol. The van der Waals surface area contributed by atoms with Crippen LogP contribution in [0.15, 0.2) is 23.4 Å². The first-order chi connectivity index (χ1) is 5.66. The van der Waals surface area contributed by atoms with Gasteiger partial charge in [-0.1, -0.05) is 26.0 Å². The van der Waals surface area contributed by atoms with Crippen molar-refractivity contribution >= 4 is 0 Å². The second kappa shape index (κ2) is 3.79. The van der Waals surface area contributed by atoms with E-state index in [1.54, 1.807) is 0 Å². The van der Waals surface area contributed by atoms with Crippen molar-refractivity contribution in [3.63, 3.8) is 0 Å². The molecule has 1 N–H and O–H groups in total. The average Bonchev–Trinajstić information content (AvgIpc) is 2.38. The van der Waals surface area contributed by atoms with Crippen molar-refractivity contribution in [2.24, 2.45) is 5.92 Å². The molecule has 0 unspecified atom stereocenters. The van der Waals surface area contributed by atoms with Crippen LogP contribution in [0.25, 0.3) is 0 Å². The van der Waals surface area contributed by atoms with Crippen LogP contribution in [-0.4, -0.2) is 7.05 Å². The maximum Gasteiger partial charge on any atom is 0.0165 e. The highest BCUT2D eigenvalue weighted by molar-refractivity contribution is 5.36. The van der Waals surface area contributed by atoms with Gasteiger partial charge in [-0.2, -0.15) is 0 Å². The predicted octanol–water partition coefficient (Wildman–Crippen LogP) is 2.86. The second-order valence-corrected chi connectivity index (χ2v) is 3.75. The fourth-order valence-corrected chi connectivity index (χ4v) is 1.92. The Balaban J connectivity index is 2.91. The van der Waals surface area contributed by atoms with E-state index in [0.29, 0.717) is 5.92 Å². The van der Waals surface area contributed by atoms with Gasteiger partial charge in [0, 0.05) is 12.7 Å². The summed E-state index contributed by atoms with van der Waals surface area (Å²) in [6, 6.07) is 0. The summed E-state index contributed by atoms with van der Waals surface area (Å²) in [6.45, 7) is 8.54. The maximum atomic E-state index is 4.09. The zero-order valence-corrected chi connectivity index (χ0v) is 8.41. The summed E-state index contributed by atoms with van der Waals surface area (Å²) in [5, 5.41) is 3.29. The van der Waals surface area contributed by atoms with Gasteiger partial charge in [0.25, 0.3) is 0 Å². The molecule has 1 aliphatic rings. The highest BCUT2D eigenvalue weighted by Gasteiger charge is 2.16. The van der Waals surface area contributed by atoms with Crippen LogP contribution < -0.4 is 5.32 Å². The van der Waals surface area contributed by atoms with Crippen molar-refractivity contribution in [2.45, 2.75) is 33.1 Å². The van der Waals surface area contributed by atoms with Crippen molar-refractivity contribution in [1.29, 1.82) is 0 Å². The van der Waals surface area contributed by atoms with Gasteiger partial charge in [-0.25, -0.2) is 0 Å². The zero-order chi connectivity index (χ0) is 9.14. The van der Waals surface area contributed by atoms with E-state index in [0.717, 1.165) is 0 Å². The Morgan fingerprint density at radius 3 is 2.42 bits per heavy atom. The minimum Gasteiger partial charge on any atom is -0.391 e. The lowest BCUT2D eigenvalue weighted by Gasteiger charge is -2.15. The van der Waals surface area contributed by atoms with Gasteiger partial charge >= 0.3 is 0 Å². The molecular weight excluding hydrogens is 146 g/mol. The van der Waals surface area contributed by atoms with Crippen LogP contribution in [-0.2, 0) is 0 Å². The van der Waals surface area contributed by atoms with E-state index in [-0.39, 0.29) is 0 Å². The number of hydrogen-bond acceptors (Lipinski definition) is 1. The third-order valence-electron chi connectivity index (χ3n) is 2.50. The van der Waals surface area contributed by atoms with Gasteiger partial charge in [0.2, 0.25) is 0 Å². The van der Waals surface area contributed by atoms with E-state index in [1.807, 2.05) is 7.05 Å². The minimum atomic E-state index is 0.597. The number of nitrogens with one attached hydrogen (secondary N) is 1. The van der Waals surface area contributed by atoms with Crippen LogP contribution in [0.4, 0.5) is 0 Å². The summed E-state index contributed by atoms with van der Waals surface area (Å²) < 4.78 is 0. The lowest BCUT2D eigenvalue weighted by atomic mass is 10.0. The zero-order valence-electron chi connectivity index (χ0n) is 8.41. The smallest absolute Gasteiger partial charge is 0.0165 e. The van der Waals surface area contributed by atoms with Crippen LogP contribution in [0.2, 0.25) is 0 Å². The molecule has 0 aromatic rings. The minimum absolute atomic E-state index is 0.597. The highest BCUT2D eigenvalue weighted by atomic mass is 14.8. The van der Waals surface area contributed by atoms with Crippen LogP contribution in [0, 0.1) is 5.92 Å². The molecule has 68 valence electrons. The Hall–Kier alpha value is -0.720. The quantitative estimate of drug-likeness (QED) is 0.663. The Morgan fingerprint density at radius 1 is 1.42 bits per heavy atom. The van der Waals surface area contributed by atoms with E-state index in [4.69, 9.17) is 0 Å². The van der Waals surface area contributed by atoms with Gasteiger partial charge in [-0.15, -0.1) is 0 Å². The average molecular weight is 165 g/mol. The molecule has 0 saturated heterocycles. The number of hydrogen-bond donors (Lipinski definition) is 1. The van der Waals surface area contributed by atoms with E-state index in [9.17, 15) is 0 Å². The molecule has 0 aromatic carbocycles. The molecule has 1 rings (SSSR count). The van der Waals surface area contributed by atoms with Crippen molar-refractivity contribution < 1.29 is 0 Å². The molecule has 0 heterocycles. The standard InChI is InChI=1S/C11H19N/c1-8(2)11(12-4)10-7-5-6-9(10)3/h8,12H,3,5-7H2,1-2,4H3/b11-10-. The molecule has 0 radical (unpaired) electrons. The van der Waals surface area contributed by atoms with E-state index in [1.165, 1.54) is 36.1 Å². The van der Waals surface area contributed by atoms with Crippen molar-refractivity contribution in [1.82, 2.24) is 5.32 Å². The molecule has 0 atom stereocenters. The van der Waals surface area contributed by atoms with Crippen molar-refractivity contribution in [3.8, 4) is 0 Å². The molecule has 12 heavy (non-hydrogen) atoms. The lowest BCUT2D eigenvalue weighted by Crippen LogP contribution is -2.14. The molecule has 0 aromatic heterocycles. The molecule has 1 nitrogen and oxygen atoms in total. The van der Waals surface area contributed by atoms with E-state index >= 15 is 0 Å². The molecule has 0 amide bonds. The topological polar surface area (TPSA) is 12.0 Å². The Bertz CT molecular complexity index is 211. The maximum absolute atomic E-state index is 4.09. The summed E-state index contributed by atoms with van der Waals surface area (Å²) >= 11 is 0. The van der Waals surface area contributed by atoms with Gasteiger partial charge in [-0.05, 0) is 30.8 Å². The highest BCUT2D eigenvalue weighted by Crippen LogP contribution is 2.32. The van der Waals surface area contributed by atoms with Crippen LogP contribution in [0.5, 0.6) is 0 Å². The van der Waals surface area contributed by atoms with Crippen LogP contribution in [0.3, 0.4) is 0 Å². The molecule has 1 heteroatoms. The fraction of sp³-hybridized carbons (Fsp3) is 0.636. The first kappa shape index (κ1) is 9.37. The molecule has 1 aliphatic carbocycles. The third-order valence-corrected chi connectivity index (χ3v) is 2.50. The first-order valence-electron chi connectivity index (χ1n) is 4.75. The molecule has 1 saturated carbocycles. The summed E-state index contributed by atoms with van der Waals surface area (Å²) in [5.74, 6) is 0.597. The lowest BCUT2D eigenvalue weighted by molar-refractivity contribution is 0.684. The molecule has 0 bridgehead atoms. The molecule has 0 aliphatic heterocycles. The van der Waals surface area contributed by atoms with Gasteiger partial charge in [0.05, 0.1) is 0 Å². The third kappa shape index (κ3) is 1.71. The predicted molar refractivity (Wildman–Crippen MR) is 53.9 cm³/mol. The summed E-state index contributed by atoms with van der Waals surface area (Å²) in [5.41, 5.74) is 4.21. The fourth-order valence-electron chi connectivity index (χ4n) is 1.92. The molecular formula is C11H19N. The van der Waals surface area contributed by atoms with Gasteiger partial charge in [0.15, 0.2) is 0 Å². The SMILES string of the molecule is C=C1CCC/C1=C(/NC)C(C)C. The largest absolute Gasteiger partial charge is 0.391 e. The van der Waals surface area contributed by atoms with E-state index in [2.05, 4.69) is 25.7 Å². The Kier molecular flexibility index (Phi) is 2.96. The van der Waals surface area contributed by atoms with Crippen LogP contribution in [0.1, 0.15) is 33.1 Å². The summed E-state index contributed by atoms with van der Waals surface area (Å²) in [6.07, 6.45) is 3.69. The summed E-state index contributed by atoms with van der Waals surface area (Å²) in [7, 11) is 2.01. The Morgan fingerprint density at radius 2 is 2.08 bits per heavy atom. The van der Waals surface area contributed by atoms with Crippen LogP contribution >= 0.6 is 0 Å².